The highest BCUT2D eigenvalue weighted by Gasteiger charge is 2.16. The number of rotatable bonds is 4. The zero-order chi connectivity index (χ0) is 17.6. The molecule has 0 radical (unpaired) electrons. The lowest BCUT2D eigenvalue weighted by Gasteiger charge is -2.07. The van der Waals surface area contributed by atoms with Gasteiger partial charge in [0.25, 0.3) is 0 Å². The van der Waals surface area contributed by atoms with Crippen molar-refractivity contribution >= 4 is 22.5 Å². The number of aromatic nitrogens is 6. The van der Waals surface area contributed by atoms with Gasteiger partial charge in [-0.1, -0.05) is 11.3 Å². The van der Waals surface area contributed by atoms with Crippen LogP contribution in [0.25, 0.3) is 27.7 Å². The molecule has 0 fully saturated rings. The van der Waals surface area contributed by atoms with Gasteiger partial charge in [0.05, 0.1) is 19.2 Å². The molecule has 9 heteroatoms. The van der Waals surface area contributed by atoms with E-state index in [1.165, 1.54) is 14.0 Å². The van der Waals surface area contributed by atoms with Gasteiger partial charge in [0.15, 0.2) is 0 Å². The van der Waals surface area contributed by atoms with Gasteiger partial charge in [-0.25, -0.2) is 13.6 Å². The predicted molar refractivity (Wildman–Crippen MR) is 91.0 cm³/mol. The average Bonchev–Trinajstić information content (AvgIpc) is 3.17. The molecule has 0 saturated heterocycles. The monoisotopic (exact) mass is 341 g/mol. The van der Waals surface area contributed by atoms with Crippen LogP contribution in [-0.4, -0.2) is 42.9 Å². The lowest BCUT2D eigenvalue weighted by atomic mass is 10.1. The van der Waals surface area contributed by atoms with Gasteiger partial charge < -0.3 is 10.5 Å². The number of fused-ring (bicyclic) bond motifs is 2. The molecule has 0 unspecified atom stereocenters. The number of nitrogens with zero attached hydrogens (tertiary/aromatic N) is 6. The average molecular weight is 341 g/mol. The molecule has 0 bridgehead atoms. The maximum absolute atomic E-state index is 13.4. The summed E-state index contributed by atoms with van der Waals surface area (Å²) >= 11 is 0. The Hall–Kier alpha value is -3.23. The molecular weight excluding hydrogens is 325 g/mol. The minimum atomic E-state index is -1.01. The Labute approximate surface area is 142 Å². The molecule has 128 valence electrons. The predicted octanol–water partition coefficient (Wildman–Crippen LogP) is 2.09. The summed E-state index contributed by atoms with van der Waals surface area (Å²) in [5, 5.41) is 12.3. The van der Waals surface area contributed by atoms with Crippen LogP contribution in [0.5, 0.6) is 5.88 Å². The number of anilines is 1. The van der Waals surface area contributed by atoms with Gasteiger partial charge in [-0.05, 0) is 30.7 Å². The van der Waals surface area contributed by atoms with Crippen LogP contribution in [-0.2, 0) is 6.54 Å². The van der Waals surface area contributed by atoms with Crippen molar-refractivity contribution < 1.29 is 9.13 Å². The topological polar surface area (TPSA) is 96.2 Å². The van der Waals surface area contributed by atoms with E-state index in [0.29, 0.717) is 16.9 Å². The molecule has 1 aromatic carbocycles. The lowest BCUT2D eigenvalue weighted by molar-refractivity contribution is 0.310. The maximum atomic E-state index is 13.4. The van der Waals surface area contributed by atoms with E-state index in [0.717, 1.165) is 16.6 Å². The number of benzene rings is 1. The number of hydrogen-bond acceptors (Lipinski definition) is 6. The third kappa shape index (κ3) is 2.53. The summed E-state index contributed by atoms with van der Waals surface area (Å²) < 4.78 is 21.9. The standard InChI is InChI=1S/C16H16FN7O/c1-9(17)8-24-13-7-10(3-4-12(13)20-22-24)11-5-6-23-14(11)15(25-2)19-16(18)21-23/h3-7,9H,8H2,1-2H3,(H2,18,21)/t9-/m1/s1. The minimum absolute atomic E-state index is 0.126. The lowest BCUT2D eigenvalue weighted by Crippen LogP contribution is -2.09. The van der Waals surface area contributed by atoms with Crippen LogP contribution in [0.15, 0.2) is 30.5 Å². The van der Waals surface area contributed by atoms with Crippen molar-refractivity contribution in [3.63, 3.8) is 0 Å². The first-order valence-corrected chi connectivity index (χ1v) is 7.73. The smallest absolute Gasteiger partial charge is 0.243 e. The van der Waals surface area contributed by atoms with E-state index in [9.17, 15) is 4.39 Å². The Morgan fingerprint density at radius 3 is 2.92 bits per heavy atom. The second-order valence-corrected chi connectivity index (χ2v) is 5.76. The van der Waals surface area contributed by atoms with Crippen LogP contribution in [0.1, 0.15) is 6.92 Å². The number of nitrogens with two attached hydrogens (primary N) is 1. The van der Waals surface area contributed by atoms with Gasteiger partial charge in [-0.2, -0.15) is 4.98 Å². The third-order valence-corrected chi connectivity index (χ3v) is 3.94. The fourth-order valence-corrected chi connectivity index (χ4v) is 2.89. The molecule has 0 spiro atoms. The molecule has 0 aliphatic carbocycles. The number of ether oxygens (including phenoxy) is 1. The van der Waals surface area contributed by atoms with Gasteiger partial charge in [0.1, 0.15) is 17.2 Å². The van der Waals surface area contributed by atoms with Crippen molar-refractivity contribution in [2.75, 3.05) is 12.8 Å². The molecule has 3 heterocycles. The third-order valence-electron chi connectivity index (χ3n) is 3.94. The summed E-state index contributed by atoms with van der Waals surface area (Å²) in [7, 11) is 1.53. The van der Waals surface area contributed by atoms with Crippen molar-refractivity contribution in [1.82, 2.24) is 29.6 Å². The molecule has 4 aromatic rings. The van der Waals surface area contributed by atoms with Gasteiger partial charge in [0.2, 0.25) is 11.8 Å². The number of hydrogen-bond donors (Lipinski definition) is 1. The molecule has 3 aromatic heterocycles. The molecule has 8 nitrogen and oxygen atoms in total. The number of halogens is 1. The van der Waals surface area contributed by atoms with Crippen molar-refractivity contribution in [2.45, 2.75) is 19.6 Å². The quantitative estimate of drug-likeness (QED) is 0.610. The van der Waals surface area contributed by atoms with E-state index in [2.05, 4.69) is 20.4 Å². The molecule has 2 N–H and O–H groups in total. The van der Waals surface area contributed by atoms with Crippen molar-refractivity contribution in [1.29, 1.82) is 0 Å². The van der Waals surface area contributed by atoms with Gasteiger partial charge in [-0.3, -0.25) is 0 Å². The number of alkyl halides is 1. The molecular formula is C16H16FN7O. The van der Waals surface area contributed by atoms with Crippen LogP contribution in [0, 0.1) is 0 Å². The van der Waals surface area contributed by atoms with Gasteiger partial charge in [-0.15, -0.1) is 10.2 Å². The van der Waals surface area contributed by atoms with Crippen molar-refractivity contribution in [3.05, 3.63) is 30.5 Å². The van der Waals surface area contributed by atoms with E-state index in [-0.39, 0.29) is 12.5 Å². The highest BCUT2D eigenvalue weighted by atomic mass is 19.1. The summed E-state index contributed by atoms with van der Waals surface area (Å²) in [6.45, 7) is 1.64. The van der Waals surface area contributed by atoms with Crippen LogP contribution >= 0.6 is 0 Å². The summed E-state index contributed by atoms with van der Waals surface area (Å²) in [5.74, 6) is 0.512. The zero-order valence-electron chi connectivity index (χ0n) is 13.7. The van der Waals surface area contributed by atoms with Crippen LogP contribution in [0.3, 0.4) is 0 Å². The second kappa shape index (κ2) is 5.69. The van der Waals surface area contributed by atoms with E-state index >= 15 is 0 Å². The van der Waals surface area contributed by atoms with E-state index < -0.39 is 6.17 Å². The van der Waals surface area contributed by atoms with E-state index in [1.54, 1.807) is 15.4 Å². The Balaban J connectivity index is 1.91. The molecule has 0 saturated carbocycles. The van der Waals surface area contributed by atoms with Crippen molar-refractivity contribution in [2.24, 2.45) is 0 Å². The summed E-state index contributed by atoms with van der Waals surface area (Å²) in [6, 6.07) is 7.60. The zero-order valence-corrected chi connectivity index (χ0v) is 13.7. The van der Waals surface area contributed by atoms with Crippen molar-refractivity contribution in [3.8, 4) is 17.0 Å². The number of nitrogen functional groups attached to an aromatic ring is 1. The van der Waals surface area contributed by atoms with E-state index in [1.807, 2.05) is 24.3 Å². The molecule has 25 heavy (non-hydrogen) atoms. The fourth-order valence-electron chi connectivity index (χ4n) is 2.89. The minimum Gasteiger partial charge on any atom is -0.479 e. The fraction of sp³-hybridized carbons (Fsp3) is 0.250. The largest absolute Gasteiger partial charge is 0.479 e. The molecule has 0 aliphatic heterocycles. The first-order valence-electron chi connectivity index (χ1n) is 7.73. The maximum Gasteiger partial charge on any atom is 0.243 e. The van der Waals surface area contributed by atoms with Gasteiger partial charge in [0, 0.05) is 11.8 Å². The Morgan fingerprint density at radius 2 is 2.16 bits per heavy atom. The highest BCUT2D eigenvalue weighted by molar-refractivity contribution is 5.89. The first-order chi connectivity index (χ1) is 12.1. The molecule has 0 aliphatic rings. The summed E-state index contributed by atoms with van der Waals surface area (Å²) in [6.07, 6.45) is 0.773. The SMILES string of the molecule is COc1nc(N)nn2ccc(-c3ccc4nnn(C[C@@H](C)F)c4c3)c12. The second-order valence-electron chi connectivity index (χ2n) is 5.76. The van der Waals surface area contributed by atoms with Crippen LogP contribution in [0.2, 0.25) is 0 Å². The van der Waals surface area contributed by atoms with Crippen LogP contribution < -0.4 is 10.5 Å². The Bertz CT molecular complexity index is 1070. The summed E-state index contributed by atoms with van der Waals surface area (Å²) in [4.78, 5) is 4.13. The molecule has 0 amide bonds. The normalized spacial score (nSPS) is 12.8. The van der Waals surface area contributed by atoms with E-state index in [4.69, 9.17) is 10.5 Å². The summed E-state index contributed by atoms with van der Waals surface area (Å²) in [5.41, 5.74) is 9.64. The Morgan fingerprint density at radius 1 is 1.32 bits per heavy atom. The highest BCUT2D eigenvalue weighted by Crippen LogP contribution is 2.32. The van der Waals surface area contributed by atoms with Crippen LogP contribution in [0.4, 0.5) is 10.3 Å². The first kappa shape index (κ1) is 15.3. The molecule has 1 atom stereocenters. The Kier molecular flexibility index (Phi) is 3.48. The number of methoxy groups -OCH3 is 1. The molecule has 4 rings (SSSR count). The van der Waals surface area contributed by atoms with Gasteiger partial charge >= 0.3 is 0 Å².